The first-order valence-electron chi connectivity index (χ1n) is 6.61. The molecule has 0 radical (unpaired) electrons. The smallest absolute Gasteiger partial charge is 0.156 e. The molecule has 1 aliphatic rings. The van der Waals surface area contributed by atoms with E-state index in [0.29, 0.717) is 0 Å². The second kappa shape index (κ2) is 5.43. The van der Waals surface area contributed by atoms with E-state index in [0.717, 1.165) is 46.9 Å². The third-order valence-corrected chi connectivity index (χ3v) is 4.28. The van der Waals surface area contributed by atoms with Gasteiger partial charge in [-0.25, -0.2) is 0 Å². The summed E-state index contributed by atoms with van der Waals surface area (Å²) in [6.45, 7) is 0. The van der Waals surface area contributed by atoms with Gasteiger partial charge in [-0.05, 0) is 28.8 Å². The molecular weight excluding hydrogens is 306 g/mol. The second-order valence-corrected chi connectivity index (χ2v) is 5.74. The fourth-order valence-corrected chi connectivity index (χ4v) is 3.06. The molecule has 100 valence electrons. The van der Waals surface area contributed by atoms with Gasteiger partial charge in [0.05, 0.1) is 12.1 Å². The molecule has 0 bridgehead atoms. The Bertz CT molecular complexity index is 590. The number of hydrogen-bond donors (Lipinski definition) is 2. The molecule has 0 spiro atoms. The molecule has 5 heteroatoms. The number of aromatic nitrogens is 2. The van der Waals surface area contributed by atoms with Gasteiger partial charge in [-0.3, -0.25) is 0 Å². The van der Waals surface area contributed by atoms with Crippen LogP contribution in [0.5, 0.6) is 0 Å². The van der Waals surface area contributed by atoms with Crippen molar-refractivity contribution in [1.82, 2.24) is 10.2 Å². The second-order valence-electron chi connectivity index (χ2n) is 4.99. The van der Waals surface area contributed by atoms with E-state index in [1.807, 2.05) is 24.3 Å². The third-order valence-electron chi connectivity index (χ3n) is 3.69. The number of nitrogens with zero attached hydrogens (tertiary/aromatic N) is 2. The minimum atomic E-state index is -0.294. The maximum Gasteiger partial charge on any atom is 0.156 e. The van der Waals surface area contributed by atoms with Crippen LogP contribution < -0.4 is 5.32 Å². The van der Waals surface area contributed by atoms with Crippen molar-refractivity contribution in [1.29, 1.82) is 0 Å². The highest BCUT2D eigenvalue weighted by Crippen LogP contribution is 2.28. The molecule has 0 aliphatic heterocycles. The normalized spacial score (nSPS) is 23.5. The van der Waals surface area contributed by atoms with Gasteiger partial charge < -0.3 is 10.4 Å². The Balaban J connectivity index is 1.94. The van der Waals surface area contributed by atoms with E-state index in [9.17, 15) is 5.11 Å². The SMILES string of the molecule is OC1CCCCC1Nc1nnc(Br)c2ccccc12. The van der Waals surface area contributed by atoms with Crippen molar-refractivity contribution in [2.75, 3.05) is 5.32 Å². The Labute approximate surface area is 120 Å². The van der Waals surface area contributed by atoms with Crippen molar-refractivity contribution in [2.45, 2.75) is 37.8 Å². The monoisotopic (exact) mass is 321 g/mol. The van der Waals surface area contributed by atoms with Crippen LogP contribution in [0, 0.1) is 0 Å². The number of anilines is 1. The molecule has 2 N–H and O–H groups in total. The summed E-state index contributed by atoms with van der Waals surface area (Å²) in [5.74, 6) is 0.754. The van der Waals surface area contributed by atoms with Gasteiger partial charge in [-0.15, -0.1) is 10.2 Å². The average Bonchev–Trinajstić information content (AvgIpc) is 2.44. The van der Waals surface area contributed by atoms with Crippen LogP contribution in [0.25, 0.3) is 10.8 Å². The molecule has 4 nitrogen and oxygen atoms in total. The van der Waals surface area contributed by atoms with Crippen LogP contribution in [0.3, 0.4) is 0 Å². The molecule has 0 saturated heterocycles. The topological polar surface area (TPSA) is 58.0 Å². The maximum atomic E-state index is 10.0. The Kier molecular flexibility index (Phi) is 3.66. The molecule has 1 aliphatic carbocycles. The molecule has 1 heterocycles. The quantitative estimate of drug-likeness (QED) is 0.892. The van der Waals surface area contributed by atoms with Gasteiger partial charge in [0.2, 0.25) is 0 Å². The Morgan fingerprint density at radius 3 is 2.63 bits per heavy atom. The number of fused-ring (bicyclic) bond motifs is 1. The Hall–Kier alpha value is -1.20. The van der Waals surface area contributed by atoms with Crippen molar-refractivity contribution in [2.24, 2.45) is 0 Å². The fraction of sp³-hybridized carbons (Fsp3) is 0.429. The lowest BCUT2D eigenvalue weighted by Crippen LogP contribution is -2.36. The lowest BCUT2D eigenvalue weighted by atomic mass is 9.92. The van der Waals surface area contributed by atoms with Crippen LogP contribution in [0.2, 0.25) is 0 Å². The van der Waals surface area contributed by atoms with Crippen molar-refractivity contribution >= 4 is 32.5 Å². The van der Waals surface area contributed by atoms with Gasteiger partial charge in [-0.2, -0.15) is 0 Å². The highest BCUT2D eigenvalue weighted by molar-refractivity contribution is 9.10. The highest BCUT2D eigenvalue weighted by Gasteiger charge is 2.23. The van der Waals surface area contributed by atoms with E-state index in [1.165, 1.54) is 0 Å². The molecule has 2 unspecified atom stereocenters. The van der Waals surface area contributed by atoms with Crippen molar-refractivity contribution in [3.63, 3.8) is 0 Å². The Morgan fingerprint density at radius 2 is 1.84 bits per heavy atom. The predicted octanol–water partition coefficient (Wildman–Crippen LogP) is 3.11. The standard InChI is InChI=1S/C14H16BrN3O/c15-13-9-5-1-2-6-10(9)14(18-17-13)16-11-7-3-4-8-12(11)19/h1-2,5-6,11-12,19H,3-4,7-8H2,(H,16,18). The number of aliphatic hydroxyl groups is 1. The molecule has 1 aromatic carbocycles. The van der Waals surface area contributed by atoms with Gasteiger partial charge in [0.25, 0.3) is 0 Å². The summed E-state index contributed by atoms with van der Waals surface area (Å²) in [5.41, 5.74) is 0. The molecule has 3 rings (SSSR count). The zero-order valence-electron chi connectivity index (χ0n) is 10.5. The van der Waals surface area contributed by atoms with Crippen LogP contribution in [0.4, 0.5) is 5.82 Å². The number of aliphatic hydroxyl groups excluding tert-OH is 1. The van der Waals surface area contributed by atoms with Crippen molar-refractivity contribution in [3.8, 4) is 0 Å². The minimum absolute atomic E-state index is 0.0765. The van der Waals surface area contributed by atoms with Gasteiger partial charge in [0.1, 0.15) is 4.60 Å². The fourth-order valence-electron chi connectivity index (χ4n) is 2.63. The summed E-state index contributed by atoms with van der Waals surface area (Å²) >= 11 is 3.42. The molecule has 1 aromatic heterocycles. The van der Waals surface area contributed by atoms with E-state index in [4.69, 9.17) is 0 Å². The van der Waals surface area contributed by atoms with Crippen molar-refractivity contribution in [3.05, 3.63) is 28.9 Å². The summed E-state index contributed by atoms with van der Waals surface area (Å²) < 4.78 is 0.748. The summed E-state index contributed by atoms with van der Waals surface area (Å²) in [7, 11) is 0. The zero-order chi connectivity index (χ0) is 13.2. The molecule has 2 aromatic rings. The number of nitrogens with one attached hydrogen (secondary N) is 1. The minimum Gasteiger partial charge on any atom is -0.391 e. The van der Waals surface area contributed by atoms with Crippen LogP contribution >= 0.6 is 15.9 Å². The summed E-state index contributed by atoms with van der Waals surface area (Å²) in [4.78, 5) is 0. The van der Waals surface area contributed by atoms with Gasteiger partial charge in [-0.1, -0.05) is 37.1 Å². The molecule has 1 fully saturated rings. The first-order valence-corrected chi connectivity index (χ1v) is 7.40. The maximum absolute atomic E-state index is 10.0. The van der Waals surface area contributed by atoms with Crippen LogP contribution in [-0.4, -0.2) is 27.4 Å². The van der Waals surface area contributed by atoms with Crippen LogP contribution in [0.15, 0.2) is 28.9 Å². The molecular formula is C14H16BrN3O. The largest absolute Gasteiger partial charge is 0.391 e. The first kappa shape index (κ1) is 12.8. The highest BCUT2D eigenvalue weighted by atomic mass is 79.9. The van der Waals surface area contributed by atoms with Crippen LogP contribution in [-0.2, 0) is 0 Å². The lowest BCUT2D eigenvalue weighted by molar-refractivity contribution is 0.116. The molecule has 19 heavy (non-hydrogen) atoms. The van der Waals surface area contributed by atoms with E-state index < -0.39 is 0 Å². The van der Waals surface area contributed by atoms with Crippen LogP contribution in [0.1, 0.15) is 25.7 Å². The van der Waals surface area contributed by atoms with E-state index in [2.05, 4.69) is 31.4 Å². The Morgan fingerprint density at radius 1 is 1.11 bits per heavy atom. The summed E-state index contributed by atoms with van der Waals surface area (Å²) in [5, 5.41) is 23.8. The number of hydrogen-bond acceptors (Lipinski definition) is 4. The van der Waals surface area contributed by atoms with Gasteiger partial charge in [0, 0.05) is 10.8 Å². The van der Waals surface area contributed by atoms with Gasteiger partial charge in [0.15, 0.2) is 5.82 Å². The first-order chi connectivity index (χ1) is 9.25. The molecule has 2 atom stereocenters. The van der Waals surface area contributed by atoms with Crippen molar-refractivity contribution < 1.29 is 5.11 Å². The van der Waals surface area contributed by atoms with E-state index >= 15 is 0 Å². The average molecular weight is 322 g/mol. The number of halogens is 1. The predicted molar refractivity (Wildman–Crippen MR) is 79.1 cm³/mol. The third kappa shape index (κ3) is 2.58. The molecule has 1 saturated carbocycles. The van der Waals surface area contributed by atoms with E-state index in [1.54, 1.807) is 0 Å². The number of rotatable bonds is 2. The summed E-state index contributed by atoms with van der Waals surface area (Å²) in [6, 6.07) is 8.07. The van der Waals surface area contributed by atoms with Gasteiger partial charge >= 0.3 is 0 Å². The number of benzene rings is 1. The molecule has 0 amide bonds. The lowest BCUT2D eigenvalue weighted by Gasteiger charge is -2.28. The summed E-state index contributed by atoms with van der Waals surface area (Å²) in [6.07, 6.45) is 3.80. The van der Waals surface area contributed by atoms with E-state index in [-0.39, 0.29) is 12.1 Å². The zero-order valence-corrected chi connectivity index (χ0v) is 12.1.